The summed E-state index contributed by atoms with van der Waals surface area (Å²) in [6.45, 7) is 5.42. The molecule has 0 radical (unpaired) electrons. The summed E-state index contributed by atoms with van der Waals surface area (Å²) < 4.78 is 20.7. The first-order chi connectivity index (χ1) is 15.0. The molecule has 0 saturated carbocycles. The van der Waals surface area contributed by atoms with Gasteiger partial charge in [-0.2, -0.15) is 0 Å². The minimum absolute atomic E-state index is 0.256. The van der Waals surface area contributed by atoms with Gasteiger partial charge in [-0.25, -0.2) is 9.37 Å². The van der Waals surface area contributed by atoms with Gasteiger partial charge in [0.1, 0.15) is 27.9 Å². The molecule has 1 atom stereocenters. The van der Waals surface area contributed by atoms with Gasteiger partial charge in [-0.15, -0.1) is 11.3 Å². The van der Waals surface area contributed by atoms with Crippen LogP contribution in [0.2, 0.25) is 0 Å². The molecule has 1 amide bonds. The summed E-state index contributed by atoms with van der Waals surface area (Å²) in [7, 11) is 0. The number of aryl methyl sites for hydroxylation is 1. The van der Waals surface area contributed by atoms with Gasteiger partial charge in [-0.05, 0) is 37.1 Å². The number of hydrogen-bond acceptors (Lipinski definition) is 7. The van der Waals surface area contributed by atoms with Crippen molar-refractivity contribution in [1.29, 1.82) is 0 Å². The van der Waals surface area contributed by atoms with E-state index >= 15 is 0 Å². The second kappa shape index (κ2) is 7.97. The number of fused-ring (bicyclic) bond motifs is 2. The van der Waals surface area contributed by atoms with Gasteiger partial charge in [0.25, 0.3) is 5.91 Å². The zero-order chi connectivity index (χ0) is 21.5. The molecule has 1 fully saturated rings. The van der Waals surface area contributed by atoms with Crippen molar-refractivity contribution in [3.05, 3.63) is 46.2 Å². The predicted molar refractivity (Wildman–Crippen MR) is 121 cm³/mol. The smallest absolute Gasteiger partial charge is 0.263 e. The van der Waals surface area contributed by atoms with Crippen LogP contribution in [-0.2, 0) is 6.42 Å². The van der Waals surface area contributed by atoms with Gasteiger partial charge in [0.2, 0.25) is 0 Å². The number of nitrogen functional groups attached to an aromatic ring is 1. The average Bonchev–Trinajstić information content (AvgIpc) is 3.09. The fourth-order valence-corrected chi connectivity index (χ4v) is 5.18. The molecule has 2 aromatic heterocycles. The fraction of sp³-hybridized carbons (Fsp3) is 0.364. The number of carbonyl (C=O) groups excluding carboxylic acids is 1. The summed E-state index contributed by atoms with van der Waals surface area (Å²) in [5, 5.41) is 7.04. The molecule has 2 aliphatic rings. The Kier molecular flexibility index (Phi) is 5.15. The molecule has 9 heteroatoms. The van der Waals surface area contributed by atoms with Crippen LogP contribution >= 0.6 is 11.3 Å². The molecule has 1 aromatic carbocycles. The lowest BCUT2D eigenvalue weighted by molar-refractivity contribution is 0.0920. The Bertz CT molecular complexity index is 1160. The van der Waals surface area contributed by atoms with Crippen molar-refractivity contribution < 1.29 is 13.9 Å². The number of aromatic nitrogens is 1. The van der Waals surface area contributed by atoms with E-state index in [-0.39, 0.29) is 17.8 Å². The fourth-order valence-electron chi connectivity index (χ4n) is 4.14. The number of piperazine rings is 1. The van der Waals surface area contributed by atoms with Crippen molar-refractivity contribution in [2.45, 2.75) is 19.4 Å². The lowest BCUT2D eigenvalue weighted by atomic mass is 10.0. The third-order valence-corrected chi connectivity index (χ3v) is 6.88. The molecular formula is C22H24FN5O2S. The summed E-state index contributed by atoms with van der Waals surface area (Å²) in [5.41, 5.74) is 8.84. The normalized spacial score (nSPS) is 18.5. The summed E-state index contributed by atoms with van der Waals surface area (Å²) in [5.74, 6) is 0.168. The van der Waals surface area contributed by atoms with Crippen molar-refractivity contribution in [1.82, 2.24) is 15.6 Å². The number of benzene rings is 1. The van der Waals surface area contributed by atoms with Crippen LogP contribution in [0, 0.1) is 12.7 Å². The first kappa shape index (κ1) is 20.0. The number of nitrogens with two attached hydrogens (primary N) is 1. The standard InChI is InChI=1S/C22H24FN5O2S/c1-12-2-3-15-19(24)20(31-22(15)26-12)21(29)27-14-8-13-9-16(23)17(10-18(13)30-11-14)28-6-4-25-5-7-28/h2-3,9-10,14,25H,4-8,11,24H2,1H3,(H,27,29)/t14-/m0/s1. The number of nitrogens with zero attached hydrogens (tertiary/aromatic N) is 2. The Morgan fingerprint density at radius 3 is 2.97 bits per heavy atom. The van der Waals surface area contributed by atoms with Gasteiger partial charge >= 0.3 is 0 Å². The first-order valence-corrected chi connectivity index (χ1v) is 11.2. The molecule has 7 nitrogen and oxygen atoms in total. The molecule has 0 aliphatic carbocycles. The number of pyridine rings is 1. The highest BCUT2D eigenvalue weighted by molar-refractivity contribution is 7.21. The highest BCUT2D eigenvalue weighted by atomic mass is 32.1. The van der Waals surface area contributed by atoms with Gasteiger partial charge < -0.3 is 26.0 Å². The maximum atomic E-state index is 14.8. The lowest BCUT2D eigenvalue weighted by Gasteiger charge is -2.32. The molecule has 162 valence electrons. The number of hydrogen-bond donors (Lipinski definition) is 3. The Labute approximate surface area is 183 Å². The Morgan fingerprint density at radius 1 is 1.35 bits per heavy atom. The van der Waals surface area contributed by atoms with Crippen molar-refractivity contribution in [2.75, 3.05) is 43.4 Å². The van der Waals surface area contributed by atoms with E-state index in [4.69, 9.17) is 10.5 Å². The van der Waals surface area contributed by atoms with Gasteiger partial charge in [0, 0.05) is 43.3 Å². The number of ether oxygens (including phenoxy) is 1. The Balaban J connectivity index is 1.32. The minimum Gasteiger partial charge on any atom is -0.491 e. The van der Waals surface area contributed by atoms with E-state index in [1.165, 1.54) is 17.4 Å². The van der Waals surface area contributed by atoms with Crippen LogP contribution in [-0.4, -0.2) is 49.7 Å². The summed E-state index contributed by atoms with van der Waals surface area (Å²) in [6, 6.07) is 6.82. The topological polar surface area (TPSA) is 92.5 Å². The number of halogens is 1. The molecule has 0 bridgehead atoms. The summed E-state index contributed by atoms with van der Waals surface area (Å²) in [6.07, 6.45) is 0.502. The highest BCUT2D eigenvalue weighted by Gasteiger charge is 2.27. The maximum absolute atomic E-state index is 14.8. The van der Waals surface area contributed by atoms with Crippen molar-refractivity contribution in [3.63, 3.8) is 0 Å². The Morgan fingerprint density at radius 2 is 2.16 bits per heavy atom. The van der Waals surface area contributed by atoms with E-state index in [0.717, 1.165) is 47.7 Å². The van der Waals surface area contributed by atoms with Crippen molar-refractivity contribution >= 4 is 38.8 Å². The zero-order valence-corrected chi connectivity index (χ0v) is 18.0. The molecule has 1 saturated heterocycles. The summed E-state index contributed by atoms with van der Waals surface area (Å²) >= 11 is 1.28. The number of rotatable bonds is 3. The van der Waals surface area contributed by atoms with E-state index in [1.54, 1.807) is 6.07 Å². The van der Waals surface area contributed by atoms with Crippen LogP contribution in [0.1, 0.15) is 20.9 Å². The van der Waals surface area contributed by atoms with Crippen molar-refractivity contribution in [2.24, 2.45) is 0 Å². The third-order valence-electron chi connectivity index (χ3n) is 5.77. The van der Waals surface area contributed by atoms with Gasteiger partial charge in [-0.3, -0.25) is 4.79 Å². The van der Waals surface area contributed by atoms with E-state index in [1.807, 2.05) is 24.0 Å². The second-order valence-electron chi connectivity index (χ2n) is 7.98. The van der Waals surface area contributed by atoms with Crippen LogP contribution in [0.4, 0.5) is 15.8 Å². The van der Waals surface area contributed by atoms with E-state index in [2.05, 4.69) is 15.6 Å². The lowest BCUT2D eigenvalue weighted by Crippen LogP contribution is -2.44. The number of nitrogens with one attached hydrogen (secondary N) is 2. The first-order valence-electron chi connectivity index (χ1n) is 10.4. The van der Waals surface area contributed by atoms with Crippen LogP contribution in [0.25, 0.3) is 10.2 Å². The van der Waals surface area contributed by atoms with Gasteiger partial charge in [0.05, 0.1) is 17.4 Å². The van der Waals surface area contributed by atoms with Crippen LogP contribution < -0.4 is 26.0 Å². The maximum Gasteiger partial charge on any atom is 0.263 e. The molecular weight excluding hydrogens is 417 g/mol. The monoisotopic (exact) mass is 441 g/mol. The molecule has 0 unspecified atom stereocenters. The molecule has 4 N–H and O–H groups in total. The highest BCUT2D eigenvalue weighted by Crippen LogP contribution is 2.34. The van der Waals surface area contributed by atoms with Gasteiger partial charge in [0.15, 0.2) is 0 Å². The average molecular weight is 442 g/mol. The number of carbonyl (C=O) groups is 1. The molecule has 2 aliphatic heterocycles. The molecule has 3 aromatic rings. The quantitative estimate of drug-likeness (QED) is 0.578. The van der Waals surface area contributed by atoms with E-state index < -0.39 is 0 Å². The molecule has 5 rings (SSSR count). The Hall–Kier alpha value is -2.91. The SMILES string of the molecule is Cc1ccc2c(N)c(C(=O)N[C@@H]3COc4cc(N5CCNCC5)c(F)cc4C3)sc2n1. The van der Waals surface area contributed by atoms with Crippen LogP contribution in [0.3, 0.4) is 0 Å². The minimum atomic E-state index is -0.260. The number of amides is 1. The molecule has 0 spiro atoms. The number of thiophene rings is 1. The molecule has 31 heavy (non-hydrogen) atoms. The predicted octanol–water partition coefficient (Wildman–Crippen LogP) is 2.47. The summed E-state index contributed by atoms with van der Waals surface area (Å²) in [4.78, 5) is 20.6. The largest absolute Gasteiger partial charge is 0.491 e. The third kappa shape index (κ3) is 3.79. The number of anilines is 2. The van der Waals surface area contributed by atoms with Crippen LogP contribution in [0.5, 0.6) is 5.75 Å². The van der Waals surface area contributed by atoms with Crippen molar-refractivity contribution in [3.8, 4) is 5.75 Å². The molecule has 4 heterocycles. The van der Waals surface area contributed by atoms with E-state index in [0.29, 0.717) is 35.0 Å². The second-order valence-corrected chi connectivity index (χ2v) is 8.98. The van der Waals surface area contributed by atoms with Gasteiger partial charge in [-0.1, -0.05) is 0 Å². The van der Waals surface area contributed by atoms with E-state index in [9.17, 15) is 9.18 Å². The zero-order valence-electron chi connectivity index (χ0n) is 17.2. The van der Waals surface area contributed by atoms with Crippen LogP contribution in [0.15, 0.2) is 24.3 Å².